The maximum Gasteiger partial charge on any atom is 0.160 e. The van der Waals surface area contributed by atoms with Gasteiger partial charge >= 0.3 is 0 Å². The van der Waals surface area contributed by atoms with Crippen LogP contribution in [0.4, 0.5) is 0 Å². The van der Waals surface area contributed by atoms with Crippen LogP contribution in [0.25, 0.3) is 80.5 Å². The SMILES string of the molecule is C=C(/N=C(\N=C(/C)c1cccc2oc3cccc(-c4ccc5sc6ccccc6c5c4)c3c12)c1cc2ccccc2c2ccccc12)c1ccccc1. The quantitative estimate of drug-likeness (QED) is 0.100. The molecule has 0 fully saturated rings. The monoisotopic (exact) mass is 696 g/mol. The molecule has 0 amide bonds. The number of hydrogen-bond donors (Lipinski definition) is 0. The standard InChI is InChI=1S/C49H32N2OS/c1-30(32-14-4-3-5-15-32)50-49(42-29-33-16-6-7-17-36(33)38-18-8-9-19-39(38)42)51-31(2)35-21-12-23-43-47(35)48-37(22-13-24-44(48)52-43)34-26-27-46-41(28-34)40-20-10-11-25-45(40)53-46/h3-29H,1H2,2H3/b50-49-,51-31+. The summed E-state index contributed by atoms with van der Waals surface area (Å²) in [6, 6.07) is 57.4. The van der Waals surface area contributed by atoms with E-state index < -0.39 is 0 Å². The van der Waals surface area contributed by atoms with E-state index in [2.05, 4.69) is 141 Å². The average Bonchev–Trinajstić information content (AvgIpc) is 3.79. The summed E-state index contributed by atoms with van der Waals surface area (Å²) in [4.78, 5) is 10.6. The second kappa shape index (κ2) is 12.6. The van der Waals surface area contributed by atoms with Crippen molar-refractivity contribution in [2.75, 3.05) is 0 Å². The second-order valence-electron chi connectivity index (χ2n) is 13.4. The number of nitrogens with zero attached hydrogens (tertiary/aromatic N) is 2. The summed E-state index contributed by atoms with van der Waals surface area (Å²) in [5.41, 5.74) is 8.35. The van der Waals surface area contributed by atoms with Crippen LogP contribution in [0.3, 0.4) is 0 Å². The molecule has 0 N–H and O–H groups in total. The number of furan rings is 1. The fraction of sp³-hybridized carbons (Fsp3) is 0.0204. The van der Waals surface area contributed by atoms with Crippen LogP contribution >= 0.6 is 11.3 Å². The topological polar surface area (TPSA) is 37.9 Å². The van der Waals surface area contributed by atoms with Gasteiger partial charge in [0.15, 0.2) is 5.84 Å². The second-order valence-corrected chi connectivity index (χ2v) is 14.5. The van der Waals surface area contributed by atoms with Crippen molar-refractivity contribution in [1.82, 2.24) is 0 Å². The van der Waals surface area contributed by atoms with E-state index in [9.17, 15) is 0 Å². The third-order valence-corrected chi connectivity index (χ3v) is 11.4. The molecule has 0 aliphatic rings. The number of rotatable bonds is 5. The lowest BCUT2D eigenvalue weighted by atomic mass is 9.95. The first-order chi connectivity index (χ1) is 26.1. The molecular formula is C49H32N2OS. The van der Waals surface area contributed by atoms with Gasteiger partial charge in [0, 0.05) is 47.8 Å². The van der Waals surface area contributed by atoms with Crippen LogP contribution in [0, 0.1) is 0 Å². The molecule has 0 atom stereocenters. The molecule has 8 aromatic carbocycles. The molecule has 10 rings (SSSR count). The zero-order chi connectivity index (χ0) is 35.5. The molecule has 53 heavy (non-hydrogen) atoms. The largest absolute Gasteiger partial charge is 0.456 e. The first-order valence-electron chi connectivity index (χ1n) is 17.8. The van der Waals surface area contributed by atoms with Gasteiger partial charge in [0.05, 0.1) is 5.70 Å². The number of hydrogen-bond acceptors (Lipinski definition) is 3. The van der Waals surface area contributed by atoms with Crippen molar-refractivity contribution < 1.29 is 4.42 Å². The van der Waals surface area contributed by atoms with Gasteiger partial charge in [0.1, 0.15) is 11.2 Å². The van der Waals surface area contributed by atoms with E-state index in [-0.39, 0.29) is 0 Å². The van der Waals surface area contributed by atoms with Crippen molar-refractivity contribution in [2.24, 2.45) is 9.98 Å². The van der Waals surface area contributed by atoms with Gasteiger partial charge in [-0.1, -0.05) is 134 Å². The van der Waals surface area contributed by atoms with Crippen LogP contribution in [0.5, 0.6) is 0 Å². The molecule has 0 spiro atoms. The minimum atomic E-state index is 0.609. The lowest BCUT2D eigenvalue weighted by molar-refractivity contribution is 0.669. The third-order valence-electron chi connectivity index (χ3n) is 10.2. The van der Waals surface area contributed by atoms with Crippen molar-refractivity contribution in [3.05, 3.63) is 187 Å². The Kier molecular flexibility index (Phi) is 7.38. The fourth-order valence-electron chi connectivity index (χ4n) is 7.73. The molecule has 3 nitrogen and oxygen atoms in total. The molecule has 0 aliphatic carbocycles. The Morgan fingerprint density at radius 2 is 1.21 bits per heavy atom. The summed E-state index contributed by atoms with van der Waals surface area (Å²) in [6.45, 7) is 6.48. The van der Waals surface area contributed by atoms with Gasteiger partial charge in [-0.05, 0) is 81.6 Å². The number of benzene rings is 8. The van der Waals surface area contributed by atoms with Gasteiger partial charge in [-0.25, -0.2) is 9.98 Å². The molecule has 2 heterocycles. The molecule has 0 unspecified atom stereocenters. The van der Waals surface area contributed by atoms with Crippen LogP contribution in [-0.2, 0) is 0 Å². The predicted molar refractivity (Wildman–Crippen MR) is 228 cm³/mol. The van der Waals surface area contributed by atoms with Gasteiger partial charge in [0.2, 0.25) is 0 Å². The molecule has 4 heteroatoms. The van der Waals surface area contributed by atoms with Crippen molar-refractivity contribution in [2.45, 2.75) is 6.92 Å². The number of thiophene rings is 1. The highest BCUT2D eigenvalue weighted by molar-refractivity contribution is 7.25. The van der Waals surface area contributed by atoms with E-state index in [1.165, 1.54) is 25.6 Å². The Labute approximate surface area is 310 Å². The van der Waals surface area contributed by atoms with E-state index in [0.717, 1.165) is 71.6 Å². The minimum absolute atomic E-state index is 0.609. The van der Waals surface area contributed by atoms with E-state index in [4.69, 9.17) is 14.4 Å². The lowest BCUT2D eigenvalue weighted by Crippen LogP contribution is -2.06. The maximum absolute atomic E-state index is 6.57. The molecule has 0 radical (unpaired) electrons. The normalized spacial score (nSPS) is 12.5. The van der Waals surface area contributed by atoms with Crippen molar-refractivity contribution in [3.8, 4) is 11.1 Å². The van der Waals surface area contributed by atoms with E-state index >= 15 is 0 Å². The lowest BCUT2D eigenvalue weighted by Gasteiger charge is -2.13. The first-order valence-corrected chi connectivity index (χ1v) is 18.6. The molecule has 0 bridgehead atoms. The zero-order valence-corrected chi connectivity index (χ0v) is 29.8. The molecule has 0 aliphatic heterocycles. The van der Waals surface area contributed by atoms with Crippen LogP contribution in [0.15, 0.2) is 185 Å². The highest BCUT2D eigenvalue weighted by Crippen LogP contribution is 2.42. The van der Waals surface area contributed by atoms with Crippen LogP contribution in [-0.4, -0.2) is 11.5 Å². The first kappa shape index (κ1) is 31.1. The molecule has 250 valence electrons. The van der Waals surface area contributed by atoms with Gasteiger partial charge in [-0.15, -0.1) is 11.3 Å². The summed E-state index contributed by atoms with van der Waals surface area (Å²) in [5, 5.41) is 9.26. The minimum Gasteiger partial charge on any atom is -0.456 e. The zero-order valence-electron chi connectivity index (χ0n) is 29.0. The Bertz CT molecular complexity index is 3140. The van der Waals surface area contributed by atoms with E-state index in [1.54, 1.807) is 0 Å². The van der Waals surface area contributed by atoms with E-state index in [0.29, 0.717) is 11.5 Å². The summed E-state index contributed by atoms with van der Waals surface area (Å²) in [6.07, 6.45) is 0. The smallest absolute Gasteiger partial charge is 0.160 e. The summed E-state index contributed by atoms with van der Waals surface area (Å²) >= 11 is 1.84. The van der Waals surface area contributed by atoms with Gasteiger partial charge in [-0.3, -0.25) is 0 Å². The Hall–Kier alpha value is -6.62. The van der Waals surface area contributed by atoms with Crippen molar-refractivity contribution in [1.29, 1.82) is 0 Å². The molecule has 10 aromatic rings. The van der Waals surface area contributed by atoms with Crippen LogP contribution in [0.2, 0.25) is 0 Å². The number of amidine groups is 1. The maximum atomic E-state index is 6.57. The summed E-state index contributed by atoms with van der Waals surface area (Å²) in [7, 11) is 0. The third kappa shape index (κ3) is 5.26. The average molecular weight is 697 g/mol. The molecule has 0 saturated carbocycles. The fourth-order valence-corrected chi connectivity index (χ4v) is 8.82. The predicted octanol–water partition coefficient (Wildman–Crippen LogP) is 13.9. The molecule has 2 aromatic heterocycles. The van der Waals surface area contributed by atoms with Crippen LogP contribution < -0.4 is 0 Å². The van der Waals surface area contributed by atoms with Crippen molar-refractivity contribution in [3.63, 3.8) is 0 Å². The Morgan fingerprint density at radius 3 is 2.06 bits per heavy atom. The van der Waals surface area contributed by atoms with Gasteiger partial charge in [-0.2, -0.15) is 0 Å². The molecular weight excluding hydrogens is 665 g/mol. The van der Waals surface area contributed by atoms with Gasteiger partial charge < -0.3 is 4.42 Å². The van der Waals surface area contributed by atoms with Crippen molar-refractivity contribution >= 4 is 92.2 Å². The Balaban J connectivity index is 1.20. The van der Waals surface area contributed by atoms with Gasteiger partial charge in [0.25, 0.3) is 0 Å². The highest BCUT2D eigenvalue weighted by atomic mass is 32.1. The number of aliphatic imine (C=N–C) groups is 2. The summed E-state index contributed by atoms with van der Waals surface area (Å²) < 4.78 is 9.15. The summed E-state index contributed by atoms with van der Waals surface area (Å²) in [5.74, 6) is 0.609. The highest BCUT2D eigenvalue weighted by Gasteiger charge is 2.19. The number of fused-ring (bicyclic) bond motifs is 9. The molecule has 0 saturated heterocycles. The van der Waals surface area contributed by atoms with E-state index in [1.807, 2.05) is 47.7 Å². The Morgan fingerprint density at radius 1 is 0.528 bits per heavy atom. The van der Waals surface area contributed by atoms with Crippen LogP contribution in [0.1, 0.15) is 23.6 Å².